The van der Waals surface area contributed by atoms with Crippen LogP contribution in [0, 0.1) is 5.92 Å². The Morgan fingerprint density at radius 1 is 0.824 bits per heavy atom. The lowest BCUT2D eigenvalue weighted by Gasteiger charge is -2.15. The van der Waals surface area contributed by atoms with Gasteiger partial charge in [0.1, 0.15) is 0 Å². The van der Waals surface area contributed by atoms with Gasteiger partial charge >= 0.3 is 0 Å². The van der Waals surface area contributed by atoms with Gasteiger partial charge in [-0.3, -0.25) is 0 Å². The zero-order valence-corrected chi connectivity index (χ0v) is 12.5. The first-order chi connectivity index (χ1) is 8.20. The highest BCUT2D eigenvalue weighted by Gasteiger charge is 2.06. The molecule has 0 spiro atoms. The molecule has 1 heteroatoms. The maximum absolute atomic E-state index is 6.13. The molecular weight excluding hydrogens is 206 g/mol. The fourth-order valence-corrected chi connectivity index (χ4v) is 2.34. The summed E-state index contributed by atoms with van der Waals surface area (Å²) in [6.45, 7) is 6.85. The zero-order chi connectivity index (χ0) is 12.9. The Kier molecular flexibility index (Phi) is 12.4. The van der Waals surface area contributed by atoms with E-state index in [0.717, 1.165) is 5.92 Å². The minimum absolute atomic E-state index is 0.449. The van der Waals surface area contributed by atoms with Gasteiger partial charge in [-0.2, -0.15) is 0 Å². The largest absolute Gasteiger partial charge is 0.328 e. The van der Waals surface area contributed by atoms with Crippen molar-refractivity contribution in [1.29, 1.82) is 0 Å². The summed E-state index contributed by atoms with van der Waals surface area (Å²) in [5.74, 6) is 0.805. The van der Waals surface area contributed by atoms with Crippen molar-refractivity contribution in [3.63, 3.8) is 0 Å². The summed E-state index contributed by atoms with van der Waals surface area (Å²) < 4.78 is 0. The molecule has 2 atom stereocenters. The van der Waals surface area contributed by atoms with Gasteiger partial charge in [0.15, 0.2) is 0 Å². The van der Waals surface area contributed by atoms with Crippen molar-refractivity contribution < 1.29 is 0 Å². The van der Waals surface area contributed by atoms with E-state index in [2.05, 4.69) is 20.8 Å². The minimum Gasteiger partial charge on any atom is -0.328 e. The maximum atomic E-state index is 6.13. The molecule has 0 heterocycles. The molecule has 2 unspecified atom stereocenters. The average molecular weight is 241 g/mol. The molecule has 0 radical (unpaired) electrons. The lowest BCUT2D eigenvalue weighted by molar-refractivity contribution is 0.421. The molecule has 0 saturated heterocycles. The third-order valence-electron chi connectivity index (χ3n) is 3.83. The van der Waals surface area contributed by atoms with Crippen molar-refractivity contribution in [1.82, 2.24) is 0 Å². The molecule has 1 nitrogen and oxygen atoms in total. The predicted octanol–water partition coefficient (Wildman–Crippen LogP) is 5.28. The lowest BCUT2D eigenvalue weighted by Crippen LogP contribution is -2.22. The van der Waals surface area contributed by atoms with Gasteiger partial charge in [0, 0.05) is 6.04 Å². The van der Waals surface area contributed by atoms with Gasteiger partial charge in [-0.1, -0.05) is 78.6 Å². The highest BCUT2D eigenvalue weighted by molar-refractivity contribution is 4.65. The molecule has 0 aliphatic carbocycles. The Morgan fingerprint density at radius 2 is 1.35 bits per heavy atom. The molecule has 0 rings (SSSR count). The average Bonchev–Trinajstić information content (AvgIpc) is 2.32. The van der Waals surface area contributed by atoms with E-state index in [9.17, 15) is 0 Å². The molecule has 0 amide bonds. The Labute approximate surface area is 110 Å². The van der Waals surface area contributed by atoms with Gasteiger partial charge in [-0.15, -0.1) is 0 Å². The summed E-state index contributed by atoms with van der Waals surface area (Å²) in [6.07, 6.45) is 14.9. The fraction of sp³-hybridized carbons (Fsp3) is 1.00. The minimum atomic E-state index is 0.449. The molecule has 0 saturated carbocycles. The summed E-state index contributed by atoms with van der Waals surface area (Å²) in [5, 5.41) is 0. The molecule has 17 heavy (non-hydrogen) atoms. The summed E-state index contributed by atoms with van der Waals surface area (Å²) in [7, 11) is 0. The van der Waals surface area contributed by atoms with E-state index in [0.29, 0.717) is 6.04 Å². The molecule has 0 bridgehead atoms. The standard InChI is InChI=1S/C16H35N/c1-4-6-7-8-9-10-11-12-13-16(17)14-15(3)5-2/h15-16H,4-14,17H2,1-3H3. The zero-order valence-electron chi connectivity index (χ0n) is 12.5. The summed E-state index contributed by atoms with van der Waals surface area (Å²) in [6, 6.07) is 0.449. The smallest absolute Gasteiger partial charge is 0.00413 e. The molecule has 104 valence electrons. The Hall–Kier alpha value is -0.0400. The van der Waals surface area contributed by atoms with Gasteiger partial charge in [-0.25, -0.2) is 0 Å². The van der Waals surface area contributed by atoms with Crippen molar-refractivity contribution in [2.45, 2.75) is 97.4 Å². The number of nitrogens with two attached hydrogens (primary N) is 1. The number of rotatable bonds is 12. The molecule has 0 aliphatic rings. The second-order valence-corrected chi connectivity index (χ2v) is 5.77. The molecule has 0 aromatic carbocycles. The molecule has 0 aromatic heterocycles. The first-order valence-electron chi connectivity index (χ1n) is 7.96. The van der Waals surface area contributed by atoms with Crippen molar-refractivity contribution in [2.24, 2.45) is 11.7 Å². The summed E-state index contributed by atoms with van der Waals surface area (Å²) in [4.78, 5) is 0. The Morgan fingerprint density at radius 3 is 1.88 bits per heavy atom. The lowest BCUT2D eigenvalue weighted by atomic mass is 9.96. The molecule has 2 N–H and O–H groups in total. The quantitative estimate of drug-likeness (QED) is 0.462. The van der Waals surface area contributed by atoms with Crippen molar-refractivity contribution in [3.05, 3.63) is 0 Å². The van der Waals surface area contributed by atoms with Crippen LogP contribution in [0.3, 0.4) is 0 Å². The fourth-order valence-electron chi connectivity index (χ4n) is 2.34. The monoisotopic (exact) mass is 241 g/mol. The van der Waals surface area contributed by atoms with E-state index < -0.39 is 0 Å². The van der Waals surface area contributed by atoms with E-state index in [1.54, 1.807) is 0 Å². The van der Waals surface area contributed by atoms with Gasteiger partial charge in [0.25, 0.3) is 0 Å². The summed E-state index contributed by atoms with van der Waals surface area (Å²) >= 11 is 0. The first-order valence-corrected chi connectivity index (χ1v) is 7.96. The van der Waals surface area contributed by atoms with Crippen LogP contribution in [0.1, 0.15) is 91.4 Å². The van der Waals surface area contributed by atoms with Crippen molar-refractivity contribution in [3.8, 4) is 0 Å². The third kappa shape index (κ3) is 12.2. The van der Waals surface area contributed by atoms with Crippen LogP contribution in [0.25, 0.3) is 0 Å². The van der Waals surface area contributed by atoms with Crippen molar-refractivity contribution in [2.75, 3.05) is 0 Å². The summed E-state index contributed by atoms with van der Waals surface area (Å²) in [5.41, 5.74) is 6.13. The highest BCUT2D eigenvalue weighted by atomic mass is 14.6. The van der Waals surface area contributed by atoms with E-state index in [1.165, 1.54) is 70.6 Å². The topological polar surface area (TPSA) is 26.0 Å². The van der Waals surface area contributed by atoms with Gasteiger partial charge in [0.05, 0.1) is 0 Å². The maximum Gasteiger partial charge on any atom is 0.00413 e. The van der Waals surface area contributed by atoms with Gasteiger partial charge in [0.2, 0.25) is 0 Å². The van der Waals surface area contributed by atoms with Crippen LogP contribution < -0.4 is 5.73 Å². The van der Waals surface area contributed by atoms with Crippen molar-refractivity contribution >= 4 is 0 Å². The number of hydrogen-bond acceptors (Lipinski definition) is 1. The molecule has 0 aliphatic heterocycles. The second kappa shape index (κ2) is 12.4. The predicted molar refractivity (Wildman–Crippen MR) is 79.3 cm³/mol. The van der Waals surface area contributed by atoms with Crippen LogP contribution in [-0.2, 0) is 0 Å². The van der Waals surface area contributed by atoms with E-state index in [1.807, 2.05) is 0 Å². The molecule has 0 fully saturated rings. The third-order valence-corrected chi connectivity index (χ3v) is 3.83. The Balaban J connectivity index is 3.16. The highest BCUT2D eigenvalue weighted by Crippen LogP contribution is 2.14. The first kappa shape index (κ1) is 17.0. The SMILES string of the molecule is CCCCCCCCCCC(N)CC(C)CC. The van der Waals surface area contributed by atoms with Gasteiger partial charge < -0.3 is 5.73 Å². The number of unbranched alkanes of at least 4 members (excludes halogenated alkanes) is 7. The van der Waals surface area contributed by atoms with E-state index in [-0.39, 0.29) is 0 Å². The normalized spacial score (nSPS) is 14.8. The molecule has 0 aromatic rings. The van der Waals surface area contributed by atoms with Crippen LogP contribution >= 0.6 is 0 Å². The van der Waals surface area contributed by atoms with Crippen LogP contribution in [0.15, 0.2) is 0 Å². The number of hydrogen-bond donors (Lipinski definition) is 1. The van der Waals surface area contributed by atoms with E-state index in [4.69, 9.17) is 5.73 Å². The van der Waals surface area contributed by atoms with Crippen LogP contribution in [0.2, 0.25) is 0 Å². The van der Waals surface area contributed by atoms with Crippen LogP contribution in [0.5, 0.6) is 0 Å². The van der Waals surface area contributed by atoms with Crippen LogP contribution in [-0.4, -0.2) is 6.04 Å². The molecular formula is C16H35N. The van der Waals surface area contributed by atoms with Gasteiger partial charge in [-0.05, 0) is 18.8 Å². The second-order valence-electron chi connectivity index (χ2n) is 5.77. The van der Waals surface area contributed by atoms with E-state index >= 15 is 0 Å². The van der Waals surface area contributed by atoms with Crippen LogP contribution in [0.4, 0.5) is 0 Å². The Bertz CT molecular complexity index is 144.